The van der Waals surface area contributed by atoms with Gasteiger partial charge in [-0.15, -0.1) is 0 Å². The van der Waals surface area contributed by atoms with Gasteiger partial charge in [0.1, 0.15) is 5.82 Å². The molecule has 21 heavy (non-hydrogen) atoms. The Hall–Kier alpha value is -1.17. The van der Waals surface area contributed by atoms with Gasteiger partial charge in [0.05, 0.1) is 12.3 Å². The van der Waals surface area contributed by atoms with Crippen LogP contribution in [-0.4, -0.2) is 58.4 Å². The summed E-state index contributed by atoms with van der Waals surface area (Å²) in [6.45, 7) is 5.99. The summed E-state index contributed by atoms with van der Waals surface area (Å²) in [5.41, 5.74) is 1.70. The Morgan fingerprint density at radius 2 is 2.10 bits per heavy atom. The normalized spacial score (nSPS) is 17.0. The van der Waals surface area contributed by atoms with Gasteiger partial charge < -0.3 is 19.9 Å². The van der Waals surface area contributed by atoms with Crippen LogP contribution in [0.4, 0.5) is 10.1 Å². The van der Waals surface area contributed by atoms with Crippen LogP contribution in [0.15, 0.2) is 18.2 Å². The standard InChI is InChI=1S/C16H26FN3O/c1-19-7-3-8-20(10-9-19)16-5-4-14(12-15(16)17)13-18-6-11-21-2/h4-5,12,18H,3,6-11,13H2,1-2H3. The van der Waals surface area contributed by atoms with Gasteiger partial charge in [0, 0.05) is 39.8 Å². The van der Waals surface area contributed by atoms with Crippen molar-refractivity contribution in [2.24, 2.45) is 0 Å². The number of hydrogen-bond acceptors (Lipinski definition) is 4. The molecule has 1 aromatic rings. The van der Waals surface area contributed by atoms with Crippen LogP contribution in [0.3, 0.4) is 0 Å². The van der Waals surface area contributed by atoms with Crippen LogP contribution in [-0.2, 0) is 11.3 Å². The van der Waals surface area contributed by atoms with E-state index >= 15 is 0 Å². The second-order valence-electron chi connectivity index (χ2n) is 5.60. The van der Waals surface area contributed by atoms with Gasteiger partial charge in [-0.3, -0.25) is 0 Å². The number of hydrogen-bond donors (Lipinski definition) is 1. The molecule has 4 nitrogen and oxygen atoms in total. The molecule has 0 saturated carbocycles. The number of rotatable bonds is 6. The number of benzene rings is 1. The predicted molar refractivity (Wildman–Crippen MR) is 84.3 cm³/mol. The minimum absolute atomic E-state index is 0.120. The average Bonchev–Trinajstić information content (AvgIpc) is 2.69. The summed E-state index contributed by atoms with van der Waals surface area (Å²) in [6.07, 6.45) is 1.08. The average molecular weight is 295 g/mol. The molecule has 1 N–H and O–H groups in total. The number of anilines is 1. The maximum atomic E-state index is 14.3. The monoisotopic (exact) mass is 295 g/mol. The van der Waals surface area contributed by atoms with Crippen molar-refractivity contribution in [1.29, 1.82) is 0 Å². The van der Waals surface area contributed by atoms with Crippen molar-refractivity contribution in [3.63, 3.8) is 0 Å². The molecule has 1 fully saturated rings. The molecule has 2 rings (SSSR count). The molecular weight excluding hydrogens is 269 g/mol. The molecule has 0 atom stereocenters. The summed E-state index contributed by atoms with van der Waals surface area (Å²) < 4.78 is 19.3. The molecule has 0 spiro atoms. The van der Waals surface area contributed by atoms with Crippen molar-refractivity contribution < 1.29 is 9.13 Å². The molecule has 0 radical (unpaired) electrons. The highest BCUT2D eigenvalue weighted by molar-refractivity contribution is 5.49. The second kappa shape index (κ2) is 8.32. The molecule has 118 valence electrons. The molecule has 1 saturated heterocycles. The smallest absolute Gasteiger partial charge is 0.146 e. The van der Waals surface area contributed by atoms with E-state index in [0.29, 0.717) is 13.2 Å². The van der Waals surface area contributed by atoms with Gasteiger partial charge in [-0.25, -0.2) is 4.39 Å². The van der Waals surface area contributed by atoms with E-state index in [1.165, 1.54) is 0 Å². The van der Waals surface area contributed by atoms with E-state index in [1.807, 2.05) is 12.1 Å². The van der Waals surface area contributed by atoms with E-state index in [0.717, 1.165) is 50.4 Å². The first-order valence-corrected chi connectivity index (χ1v) is 7.62. The van der Waals surface area contributed by atoms with Gasteiger partial charge in [0.2, 0.25) is 0 Å². The first kappa shape index (κ1) is 16.2. The zero-order valence-electron chi connectivity index (χ0n) is 13.1. The zero-order valence-corrected chi connectivity index (χ0v) is 13.1. The van der Waals surface area contributed by atoms with Gasteiger partial charge in [-0.05, 0) is 37.7 Å². The lowest BCUT2D eigenvalue weighted by Gasteiger charge is -2.23. The highest BCUT2D eigenvalue weighted by Crippen LogP contribution is 2.22. The molecule has 1 aliphatic rings. The highest BCUT2D eigenvalue weighted by Gasteiger charge is 2.15. The molecule has 1 heterocycles. The number of nitrogens with zero attached hydrogens (tertiary/aromatic N) is 2. The first-order chi connectivity index (χ1) is 10.2. The Labute approximate surface area is 126 Å². The van der Waals surface area contributed by atoms with Crippen molar-refractivity contribution in [3.05, 3.63) is 29.6 Å². The Bertz CT molecular complexity index is 442. The number of likely N-dealkylation sites (N-methyl/N-ethyl adjacent to an activating group) is 1. The summed E-state index contributed by atoms with van der Waals surface area (Å²) in [4.78, 5) is 4.45. The highest BCUT2D eigenvalue weighted by atomic mass is 19.1. The largest absolute Gasteiger partial charge is 0.383 e. The van der Waals surface area contributed by atoms with Crippen molar-refractivity contribution in [1.82, 2.24) is 10.2 Å². The van der Waals surface area contributed by atoms with Crippen LogP contribution >= 0.6 is 0 Å². The zero-order chi connectivity index (χ0) is 15.1. The Balaban J connectivity index is 1.95. The molecular formula is C16H26FN3O. The molecule has 0 aromatic heterocycles. The fourth-order valence-corrected chi connectivity index (χ4v) is 2.61. The van der Waals surface area contributed by atoms with Crippen molar-refractivity contribution in [2.45, 2.75) is 13.0 Å². The molecule has 1 aliphatic heterocycles. The van der Waals surface area contributed by atoms with Crippen LogP contribution in [0, 0.1) is 5.82 Å². The predicted octanol–water partition coefficient (Wildman–Crippen LogP) is 1.70. The van der Waals surface area contributed by atoms with E-state index in [2.05, 4.69) is 22.2 Å². The van der Waals surface area contributed by atoms with E-state index in [1.54, 1.807) is 13.2 Å². The molecule has 5 heteroatoms. The quantitative estimate of drug-likeness (QED) is 0.809. The van der Waals surface area contributed by atoms with E-state index in [-0.39, 0.29) is 5.82 Å². The number of methoxy groups -OCH3 is 1. The van der Waals surface area contributed by atoms with E-state index in [9.17, 15) is 4.39 Å². The Morgan fingerprint density at radius 3 is 2.86 bits per heavy atom. The molecule has 0 aliphatic carbocycles. The fourth-order valence-electron chi connectivity index (χ4n) is 2.61. The topological polar surface area (TPSA) is 27.7 Å². The van der Waals surface area contributed by atoms with Gasteiger partial charge in [-0.2, -0.15) is 0 Å². The van der Waals surface area contributed by atoms with Gasteiger partial charge >= 0.3 is 0 Å². The summed E-state index contributed by atoms with van der Waals surface area (Å²) in [7, 11) is 3.80. The minimum atomic E-state index is -0.120. The number of ether oxygens (including phenoxy) is 1. The van der Waals surface area contributed by atoms with Crippen LogP contribution in [0.2, 0.25) is 0 Å². The molecule has 1 aromatic carbocycles. The lowest BCUT2D eigenvalue weighted by Crippen LogP contribution is -2.29. The summed E-state index contributed by atoms with van der Waals surface area (Å²) in [5.74, 6) is -0.120. The van der Waals surface area contributed by atoms with Gasteiger partial charge in [0.15, 0.2) is 0 Å². The molecule has 0 amide bonds. The Morgan fingerprint density at radius 1 is 1.24 bits per heavy atom. The molecule has 0 unspecified atom stereocenters. The fraction of sp³-hybridized carbons (Fsp3) is 0.625. The lowest BCUT2D eigenvalue weighted by atomic mass is 10.1. The number of halogens is 1. The van der Waals surface area contributed by atoms with Gasteiger partial charge in [0.25, 0.3) is 0 Å². The summed E-state index contributed by atoms with van der Waals surface area (Å²) >= 11 is 0. The van der Waals surface area contributed by atoms with E-state index < -0.39 is 0 Å². The summed E-state index contributed by atoms with van der Waals surface area (Å²) in [5, 5.41) is 3.23. The van der Waals surface area contributed by atoms with Gasteiger partial charge in [-0.1, -0.05) is 6.07 Å². The third-order valence-corrected chi connectivity index (χ3v) is 3.88. The second-order valence-corrected chi connectivity index (χ2v) is 5.60. The van der Waals surface area contributed by atoms with E-state index in [4.69, 9.17) is 4.74 Å². The van der Waals surface area contributed by atoms with Crippen LogP contribution in [0.1, 0.15) is 12.0 Å². The molecule has 0 bridgehead atoms. The Kier molecular flexibility index (Phi) is 6.42. The van der Waals surface area contributed by atoms with Crippen molar-refractivity contribution >= 4 is 5.69 Å². The van der Waals surface area contributed by atoms with Crippen LogP contribution < -0.4 is 10.2 Å². The van der Waals surface area contributed by atoms with Crippen molar-refractivity contribution in [2.75, 3.05) is 58.4 Å². The third-order valence-electron chi connectivity index (χ3n) is 3.88. The SMILES string of the molecule is COCCNCc1ccc(N2CCCN(C)CC2)c(F)c1. The third kappa shape index (κ3) is 4.95. The first-order valence-electron chi connectivity index (χ1n) is 7.62. The number of nitrogens with one attached hydrogen (secondary N) is 1. The van der Waals surface area contributed by atoms with Crippen molar-refractivity contribution in [3.8, 4) is 0 Å². The van der Waals surface area contributed by atoms with Crippen LogP contribution in [0.25, 0.3) is 0 Å². The maximum absolute atomic E-state index is 14.3. The summed E-state index contributed by atoms with van der Waals surface area (Å²) in [6, 6.07) is 5.56. The van der Waals surface area contributed by atoms with Crippen LogP contribution in [0.5, 0.6) is 0 Å². The lowest BCUT2D eigenvalue weighted by molar-refractivity contribution is 0.199. The maximum Gasteiger partial charge on any atom is 0.146 e. The minimum Gasteiger partial charge on any atom is -0.383 e.